The molecular weight excluding hydrogens is 436 g/mol. The Morgan fingerprint density at radius 3 is 2.26 bits per heavy atom. The molecule has 0 saturated carbocycles. The summed E-state index contributed by atoms with van der Waals surface area (Å²) in [6.45, 7) is 0. The van der Waals surface area contributed by atoms with Gasteiger partial charge in [0.15, 0.2) is 0 Å². The molecular formula is C22H16Cl2LiNO5. The second-order valence-electron chi connectivity index (χ2n) is 6.19. The largest absolute Gasteiger partial charge is 1.00 e. The molecule has 0 bridgehead atoms. The van der Waals surface area contributed by atoms with Crippen LogP contribution in [0.2, 0.25) is 10.0 Å². The smallest absolute Gasteiger partial charge is 0.545 e. The Labute approximate surface area is 201 Å². The van der Waals surface area contributed by atoms with Crippen LogP contribution in [0.25, 0.3) is 11.1 Å². The third-order valence-electron chi connectivity index (χ3n) is 4.38. The Morgan fingerprint density at radius 2 is 1.65 bits per heavy atom. The zero-order valence-corrected chi connectivity index (χ0v) is 18.5. The van der Waals surface area contributed by atoms with E-state index in [1.807, 2.05) is 0 Å². The van der Waals surface area contributed by atoms with Crippen LogP contribution in [-0.2, 0) is 0 Å². The molecule has 154 valence electrons. The molecule has 1 amide bonds. The topological polar surface area (TPSA) is 87.7 Å². The van der Waals surface area contributed by atoms with E-state index in [0.717, 1.165) is 0 Å². The first kappa shape index (κ1) is 24.6. The first-order valence-corrected chi connectivity index (χ1v) is 9.44. The number of carboxylic acid groups (broad SMARTS) is 1. The number of hydrogen-bond acceptors (Lipinski definition) is 5. The molecule has 0 aliphatic rings. The summed E-state index contributed by atoms with van der Waals surface area (Å²) in [7, 11) is 3.04. The molecule has 3 aromatic carbocycles. The number of hydrogen-bond donors (Lipinski definition) is 1. The molecule has 0 aliphatic carbocycles. The summed E-state index contributed by atoms with van der Waals surface area (Å²) < 4.78 is 10.6. The Balaban J connectivity index is 0.00000341. The van der Waals surface area contributed by atoms with E-state index in [-0.39, 0.29) is 40.7 Å². The van der Waals surface area contributed by atoms with Gasteiger partial charge in [0.1, 0.15) is 11.5 Å². The van der Waals surface area contributed by atoms with Crippen LogP contribution in [0.3, 0.4) is 0 Å². The van der Waals surface area contributed by atoms with Crippen LogP contribution in [0.5, 0.6) is 11.5 Å². The normalized spacial score (nSPS) is 10.1. The average Bonchev–Trinajstić information content (AvgIpc) is 2.73. The molecule has 0 atom stereocenters. The third kappa shape index (κ3) is 5.55. The number of nitrogens with one attached hydrogen (secondary N) is 1. The van der Waals surface area contributed by atoms with Crippen molar-refractivity contribution in [2.45, 2.75) is 0 Å². The van der Waals surface area contributed by atoms with E-state index >= 15 is 0 Å². The van der Waals surface area contributed by atoms with Crippen molar-refractivity contribution in [1.29, 1.82) is 0 Å². The minimum absolute atomic E-state index is 0. The van der Waals surface area contributed by atoms with Gasteiger partial charge in [0.05, 0.1) is 36.5 Å². The van der Waals surface area contributed by atoms with E-state index in [9.17, 15) is 14.7 Å². The van der Waals surface area contributed by atoms with E-state index in [1.54, 1.807) is 24.3 Å². The number of methoxy groups -OCH3 is 2. The first-order chi connectivity index (χ1) is 14.3. The van der Waals surface area contributed by atoms with Gasteiger partial charge in [-0.3, -0.25) is 4.79 Å². The van der Waals surface area contributed by atoms with Gasteiger partial charge in [-0.05, 0) is 54.1 Å². The van der Waals surface area contributed by atoms with Gasteiger partial charge >= 0.3 is 18.9 Å². The van der Waals surface area contributed by atoms with Crippen LogP contribution in [0.1, 0.15) is 20.7 Å². The molecule has 0 spiro atoms. The Hall–Kier alpha value is -2.62. The second-order valence-corrected chi connectivity index (χ2v) is 7.04. The maximum Gasteiger partial charge on any atom is 1.00 e. The maximum absolute atomic E-state index is 12.6. The maximum atomic E-state index is 12.6. The summed E-state index contributed by atoms with van der Waals surface area (Å²) in [5.41, 5.74) is 1.20. The fourth-order valence-electron chi connectivity index (χ4n) is 2.89. The van der Waals surface area contributed by atoms with E-state index in [4.69, 9.17) is 32.7 Å². The third-order valence-corrected chi connectivity index (χ3v) is 4.93. The zero-order valence-electron chi connectivity index (χ0n) is 17.0. The predicted molar refractivity (Wildman–Crippen MR) is 114 cm³/mol. The Kier molecular flexibility index (Phi) is 8.43. The van der Waals surface area contributed by atoms with Gasteiger partial charge < -0.3 is 24.7 Å². The van der Waals surface area contributed by atoms with Crippen LogP contribution in [0.4, 0.5) is 5.69 Å². The van der Waals surface area contributed by atoms with Crippen molar-refractivity contribution in [2.75, 3.05) is 19.5 Å². The van der Waals surface area contributed by atoms with Crippen molar-refractivity contribution in [3.8, 4) is 22.6 Å². The standard InChI is InChI=1S/C22H17Cl2NO5.Li/c1-29-14-5-8-20(30-2)16(11-14)12-3-7-19(17(9-12)22(27)28)25-21(26)15-6-4-13(23)10-18(15)24;/h3-11H,1-2H3,(H,25,26)(H,27,28);/q;+1/p-1. The van der Waals surface area contributed by atoms with E-state index < -0.39 is 11.9 Å². The van der Waals surface area contributed by atoms with Gasteiger partial charge in [0.2, 0.25) is 0 Å². The monoisotopic (exact) mass is 451 g/mol. The second kappa shape index (κ2) is 10.6. The Morgan fingerprint density at radius 1 is 0.903 bits per heavy atom. The molecule has 0 heterocycles. The van der Waals surface area contributed by atoms with Crippen LogP contribution in [0.15, 0.2) is 54.6 Å². The molecule has 0 fully saturated rings. The zero-order chi connectivity index (χ0) is 21.8. The number of benzene rings is 3. The van der Waals surface area contributed by atoms with Gasteiger partial charge in [0.25, 0.3) is 5.91 Å². The van der Waals surface area contributed by atoms with Gasteiger partial charge in [-0.1, -0.05) is 29.3 Å². The summed E-state index contributed by atoms with van der Waals surface area (Å²) in [4.78, 5) is 24.3. The molecule has 1 N–H and O–H groups in total. The number of rotatable bonds is 6. The van der Waals surface area contributed by atoms with Crippen molar-refractivity contribution < 1.29 is 43.0 Å². The predicted octanol–water partition coefficient (Wildman–Crippen LogP) is 1.30. The van der Waals surface area contributed by atoms with Crippen LogP contribution in [0, 0.1) is 0 Å². The number of aromatic carboxylic acids is 1. The summed E-state index contributed by atoms with van der Waals surface area (Å²) in [5, 5.41) is 14.8. The summed E-state index contributed by atoms with van der Waals surface area (Å²) in [6.07, 6.45) is 0. The molecule has 31 heavy (non-hydrogen) atoms. The van der Waals surface area contributed by atoms with Gasteiger partial charge in [-0.2, -0.15) is 0 Å². The van der Waals surface area contributed by atoms with Crippen molar-refractivity contribution >= 4 is 40.8 Å². The minimum atomic E-state index is -1.45. The number of amides is 1. The fraction of sp³-hybridized carbons (Fsp3) is 0.0909. The van der Waals surface area contributed by atoms with Crippen LogP contribution < -0.4 is 38.8 Å². The summed E-state index contributed by atoms with van der Waals surface area (Å²) in [5.74, 6) is -0.914. The number of ether oxygens (including phenoxy) is 2. The molecule has 0 unspecified atom stereocenters. The van der Waals surface area contributed by atoms with E-state index in [0.29, 0.717) is 27.6 Å². The number of carbonyl (C=O) groups excluding carboxylic acids is 2. The van der Waals surface area contributed by atoms with E-state index in [2.05, 4.69) is 5.32 Å². The summed E-state index contributed by atoms with van der Waals surface area (Å²) in [6, 6.07) is 14.1. The average molecular weight is 452 g/mol. The first-order valence-electron chi connectivity index (χ1n) is 8.68. The molecule has 0 radical (unpaired) electrons. The summed E-state index contributed by atoms with van der Waals surface area (Å²) >= 11 is 11.9. The molecule has 6 nitrogen and oxygen atoms in total. The van der Waals surface area contributed by atoms with Gasteiger partial charge in [-0.15, -0.1) is 0 Å². The fourth-order valence-corrected chi connectivity index (χ4v) is 3.39. The molecule has 0 aromatic heterocycles. The number of carbonyl (C=O) groups is 2. The number of carboxylic acids is 1. The van der Waals surface area contributed by atoms with Gasteiger partial charge in [0, 0.05) is 16.1 Å². The quantitative estimate of drug-likeness (QED) is 0.570. The minimum Gasteiger partial charge on any atom is -0.545 e. The SMILES string of the molecule is COc1ccc(OC)c(-c2ccc(NC(=O)c3ccc(Cl)cc3Cl)c(C(=O)[O-])c2)c1.[Li+]. The Bertz CT molecular complexity index is 1140. The van der Waals surface area contributed by atoms with Crippen molar-refractivity contribution in [3.05, 3.63) is 75.8 Å². The number of anilines is 1. The molecule has 0 saturated heterocycles. The van der Waals surface area contributed by atoms with Crippen molar-refractivity contribution in [2.24, 2.45) is 0 Å². The molecule has 3 rings (SSSR count). The molecule has 9 heteroatoms. The molecule has 3 aromatic rings. The molecule has 0 aliphatic heterocycles. The van der Waals surface area contributed by atoms with E-state index in [1.165, 1.54) is 44.6 Å². The van der Waals surface area contributed by atoms with Crippen LogP contribution in [-0.4, -0.2) is 26.1 Å². The van der Waals surface area contributed by atoms with Crippen LogP contribution >= 0.6 is 23.2 Å². The number of halogens is 2. The van der Waals surface area contributed by atoms with Crippen molar-refractivity contribution in [3.63, 3.8) is 0 Å². The van der Waals surface area contributed by atoms with Crippen molar-refractivity contribution in [1.82, 2.24) is 0 Å². The van der Waals surface area contributed by atoms with Gasteiger partial charge in [-0.25, -0.2) is 0 Å².